The predicted octanol–water partition coefficient (Wildman–Crippen LogP) is 5.75. The Kier molecular flexibility index (Phi) is 10.8. The van der Waals surface area contributed by atoms with Gasteiger partial charge < -0.3 is 19.5 Å². The molecular formula is C23H31ClFNO3. The second-order valence-electron chi connectivity index (χ2n) is 6.73. The van der Waals surface area contributed by atoms with Gasteiger partial charge in [-0.3, -0.25) is 0 Å². The first kappa shape index (κ1) is 23.5. The standard InChI is InChI=1S/C23H31ClFNO3/c1-3-5-12-27-13-6-11-26-16-19-14-22(28-4-2)23(15-21(19)24)29-17-18-7-9-20(25)10-8-18/h7-10,14-15,26H,3-6,11-13,16-17H2,1-2H3. The van der Waals surface area contributed by atoms with E-state index in [1.54, 1.807) is 18.2 Å². The van der Waals surface area contributed by atoms with E-state index in [1.807, 2.05) is 13.0 Å². The first-order valence-corrected chi connectivity index (χ1v) is 10.6. The Hall–Kier alpha value is -1.82. The minimum Gasteiger partial charge on any atom is -0.490 e. The fourth-order valence-electron chi connectivity index (χ4n) is 2.71. The van der Waals surface area contributed by atoms with Crippen LogP contribution in [0.2, 0.25) is 5.02 Å². The van der Waals surface area contributed by atoms with Crippen molar-refractivity contribution in [2.24, 2.45) is 0 Å². The van der Waals surface area contributed by atoms with Gasteiger partial charge in [0.1, 0.15) is 12.4 Å². The molecular weight excluding hydrogens is 393 g/mol. The van der Waals surface area contributed by atoms with E-state index in [2.05, 4.69) is 12.2 Å². The number of hydrogen-bond donors (Lipinski definition) is 1. The molecule has 0 saturated heterocycles. The largest absolute Gasteiger partial charge is 0.490 e. The van der Waals surface area contributed by atoms with Gasteiger partial charge in [0.15, 0.2) is 11.5 Å². The van der Waals surface area contributed by atoms with E-state index < -0.39 is 0 Å². The molecule has 29 heavy (non-hydrogen) atoms. The van der Waals surface area contributed by atoms with Gasteiger partial charge >= 0.3 is 0 Å². The minimum atomic E-state index is -0.267. The van der Waals surface area contributed by atoms with Crippen LogP contribution >= 0.6 is 11.6 Å². The predicted molar refractivity (Wildman–Crippen MR) is 115 cm³/mol. The van der Waals surface area contributed by atoms with E-state index in [0.29, 0.717) is 36.3 Å². The van der Waals surface area contributed by atoms with E-state index in [4.69, 9.17) is 25.8 Å². The maximum atomic E-state index is 13.0. The minimum absolute atomic E-state index is 0.267. The fraction of sp³-hybridized carbons (Fsp3) is 0.478. The first-order valence-electron chi connectivity index (χ1n) is 10.2. The van der Waals surface area contributed by atoms with Crippen LogP contribution in [0.25, 0.3) is 0 Å². The second kappa shape index (κ2) is 13.4. The van der Waals surface area contributed by atoms with Gasteiger partial charge in [-0.15, -0.1) is 0 Å². The topological polar surface area (TPSA) is 39.7 Å². The fourth-order valence-corrected chi connectivity index (χ4v) is 2.93. The number of unbranched alkanes of at least 4 members (excludes halogenated alkanes) is 1. The van der Waals surface area contributed by atoms with Crippen molar-refractivity contribution >= 4 is 11.6 Å². The van der Waals surface area contributed by atoms with E-state index in [9.17, 15) is 4.39 Å². The molecule has 1 N–H and O–H groups in total. The molecule has 0 bridgehead atoms. The van der Waals surface area contributed by atoms with Crippen LogP contribution in [0.4, 0.5) is 4.39 Å². The molecule has 4 nitrogen and oxygen atoms in total. The Balaban J connectivity index is 1.88. The van der Waals surface area contributed by atoms with Crippen LogP contribution in [0.3, 0.4) is 0 Å². The highest BCUT2D eigenvalue weighted by Crippen LogP contribution is 2.34. The summed E-state index contributed by atoms with van der Waals surface area (Å²) in [6, 6.07) is 9.91. The third-order valence-corrected chi connectivity index (χ3v) is 4.67. The normalized spacial score (nSPS) is 10.9. The van der Waals surface area contributed by atoms with Crippen LogP contribution in [0.1, 0.15) is 44.2 Å². The van der Waals surface area contributed by atoms with Crippen LogP contribution in [0.5, 0.6) is 11.5 Å². The van der Waals surface area contributed by atoms with Crippen molar-refractivity contribution < 1.29 is 18.6 Å². The zero-order chi connectivity index (χ0) is 20.9. The van der Waals surface area contributed by atoms with Crippen molar-refractivity contribution in [1.29, 1.82) is 0 Å². The highest BCUT2D eigenvalue weighted by atomic mass is 35.5. The lowest BCUT2D eigenvalue weighted by Crippen LogP contribution is -2.17. The Morgan fingerprint density at radius 2 is 1.69 bits per heavy atom. The number of hydrogen-bond acceptors (Lipinski definition) is 4. The molecule has 6 heteroatoms. The summed E-state index contributed by atoms with van der Waals surface area (Å²) in [7, 11) is 0. The summed E-state index contributed by atoms with van der Waals surface area (Å²) >= 11 is 6.45. The Morgan fingerprint density at radius 1 is 0.966 bits per heavy atom. The van der Waals surface area contributed by atoms with Gasteiger partial charge in [0.05, 0.1) is 6.61 Å². The molecule has 0 aromatic heterocycles. The summed E-state index contributed by atoms with van der Waals surface area (Å²) < 4.78 is 30.2. The molecule has 0 aliphatic heterocycles. The third-order valence-electron chi connectivity index (χ3n) is 4.32. The van der Waals surface area contributed by atoms with Gasteiger partial charge in [-0.25, -0.2) is 4.39 Å². The second-order valence-corrected chi connectivity index (χ2v) is 7.14. The summed E-state index contributed by atoms with van der Waals surface area (Å²) in [4.78, 5) is 0. The Morgan fingerprint density at radius 3 is 2.41 bits per heavy atom. The molecule has 0 radical (unpaired) electrons. The number of rotatable bonds is 14. The van der Waals surface area contributed by atoms with Crippen molar-refractivity contribution in [1.82, 2.24) is 5.32 Å². The van der Waals surface area contributed by atoms with E-state index in [1.165, 1.54) is 12.1 Å². The number of benzene rings is 2. The van der Waals surface area contributed by atoms with Crippen molar-refractivity contribution in [3.8, 4) is 11.5 Å². The van der Waals surface area contributed by atoms with E-state index in [0.717, 1.165) is 50.1 Å². The van der Waals surface area contributed by atoms with Gasteiger partial charge in [0.25, 0.3) is 0 Å². The SMILES string of the molecule is CCCCOCCCNCc1cc(OCC)c(OCc2ccc(F)cc2)cc1Cl. The Labute approximate surface area is 178 Å². The lowest BCUT2D eigenvalue weighted by atomic mass is 10.2. The summed E-state index contributed by atoms with van der Waals surface area (Å²) in [5.41, 5.74) is 1.83. The highest BCUT2D eigenvalue weighted by Gasteiger charge is 2.11. The van der Waals surface area contributed by atoms with Crippen LogP contribution in [-0.2, 0) is 17.9 Å². The first-order chi connectivity index (χ1) is 14.1. The monoisotopic (exact) mass is 423 g/mol. The van der Waals surface area contributed by atoms with Crippen LogP contribution < -0.4 is 14.8 Å². The average Bonchev–Trinajstić information content (AvgIpc) is 2.72. The smallest absolute Gasteiger partial charge is 0.163 e. The van der Waals surface area contributed by atoms with Crippen molar-refractivity contribution in [3.63, 3.8) is 0 Å². The van der Waals surface area contributed by atoms with E-state index >= 15 is 0 Å². The van der Waals surface area contributed by atoms with Crippen molar-refractivity contribution in [2.45, 2.75) is 46.3 Å². The van der Waals surface area contributed by atoms with Crippen molar-refractivity contribution in [2.75, 3.05) is 26.4 Å². The maximum Gasteiger partial charge on any atom is 0.163 e. The molecule has 0 heterocycles. The van der Waals surface area contributed by atoms with E-state index in [-0.39, 0.29) is 5.82 Å². The van der Waals surface area contributed by atoms with Crippen LogP contribution in [-0.4, -0.2) is 26.4 Å². The zero-order valence-electron chi connectivity index (χ0n) is 17.3. The van der Waals surface area contributed by atoms with Crippen LogP contribution in [0.15, 0.2) is 36.4 Å². The average molecular weight is 424 g/mol. The molecule has 0 aliphatic carbocycles. The molecule has 0 amide bonds. The van der Waals surface area contributed by atoms with Gasteiger partial charge in [0, 0.05) is 30.8 Å². The maximum absolute atomic E-state index is 13.0. The van der Waals surface area contributed by atoms with Gasteiger partial charge in [0.2, 0.25) is 0 Å². The Bertz CT molecular complexity index is 725. The zero-order valence-corrected chi connectivity index (χ0v) is 18.1. The molecule has 0 aliphatic rings. The molecule has 0 atom stereocenters. The summed E-state index contributed by atoms with van der Waals surface area (Å²) in [6.45, 7) is 8.02. The van der Waals surface area contributed by atoms with Gasteiger partial charge in [-0.1, -0.05) is 37.1 Å². The molecule has 0 spiro atoms. The number of halogens is 2. The summed E-state index contributed by atoms with van der Waals surface area (Å²) in [6.07, 6.45) is 3.22. The number of ether oxygens (including phenoxy) is 3. The molecule has 2 aromatic rings. The third kappa shape index (κ3) is 8.60. The molecule has 2 aromatic carbocycles. The highest BCUT2D eigenvalue weighted by molar-refractivity contribution is 6.31. The molecule has 0 fully saturated rings. The van der Waals surface area contributed by atoms with Crippen LogP contribution in [0, 0.1) is 5.82 Å². The van der Waals surface area contributed by atoms with Crippen molar-refractivity contribution in [3.05, 3.63) is 58.4 Å². The molecule has 160 valence electrons. The van der Waals surface area contributed by atoms with Gasteiger partial charge in [-0.05, 0) is 55.6 Å². The van der Waals surface area contributed by atoms with Gasteiger partial charge in [-0.2, -0.15) is 0 Å². The number of nitrogens with one attached hydrogen (secondary N) is 1. The molecule has 0 saturated carbocycles. The molecule has 0 unspecified atom stereocenters. The quantitative estimate of drug-likeness (QED) is 0.392. The lowest BCUT2D eigenvalue weighted by molar-refractivity contribution is 0.129. The molecule has 2 rings (SSSR count). The summed E-state index contributed by atoms with van der Waals surface area (Å²) in [5, 5.41) is 4.01. The summed E-state index contributed by atoms with van der Waals surface area (Å²) in [5.74, 6) is 0.962. The lowest BCUT2D eigenvalue weighted by Gasteiger charge is -2.15.